The van der Waals surface area contributed by atoms with Crippen molar-refractivity contribution in [3.8, 4) is 0 Å². The Labute approximate surface area is 121 Å². The number of pyridine rings is 1. The minimum atomic E-state index is 0.0270. The van der Waals surface area contributed by atoms with E-state index in [-0.39, 0.29) is 6.04 Å². The number of hydrogen-bond acceptors (Lipinski definition) is 2. The van der Waals surface area contributed by atoms with Gasteiger partial charge in [-0.15, -0.1) is 0 Å². The van der Waals surface area contributed by atoms with Gasteiger partial charge in [-0.3, -0.25) is 0 Å². The first-order chi connectivity index (χ1) is 8.56. The summed E-state index contributed by atoms with van der Waals surface area (Å²) in [5, 5.41) is 5.10. The van der Waals surface area contributed by atoms with Gasteiger partial charge in [-0.1, -0.05) is 34.8 Å². The molecule has 1 atom stereocenters. The zero-order chi connectivity index (χ0) is 13.1. The molecule has 0 spiro atoms. The average Bonchev–Trinajstić information content (AvgIpc) is 2.35. The first-order valence-electron chi connectivity index (χ1n) is 5.39. The largest absolute Gasteiger partial charge is 0.377 e. The molecule has 18 heavy (non-hydrogen) atoms. The molecule has 0 amide bonds. The fourth-order valence-corrected chi connectivity index (χ4v) is 2.21. The van der Waals surface area contributed by atoms with E-state index in [4.69, 9.17) is 34.8 Å². The molecule has 0 fully saturated rings. The lowest BCUT2D eigenvalue weighted by atomic mass is 10.1. The van der Waals surface area contributed by atoms with Crippen molar-refractivity contribution in [2.75, 3.05) is 5.32 Å². The highest BCUT2D eigenvalue weighted by atomic mass is 35.5. The molecule has 5 heteroatoms. The zero-order valence-corrected chi connectivity index (χ0v) is 11.9. The Morgan fingerprint density at radius 3 is 2.56 bits per heavy atom. The summed E-state index contributed by atoms with van der Waals surface area (Å²) in [4.78, 5) is 4.01. The standard InChI is InChI=1S/C13H11Cl3N2/c1-8(11-6-9(14)2-4-12(11)15)18-10-3-5-13(16)17-7-10/h2-8,18H,1H3. The van der Waals surface area contributed by atoms with Gasteiger partial charge >= 0.3 is 0 Å². The minimum absolute atomic E-state index is 0.0270. The van der Waals surface area contributed by atoms with E-state index in [1.165, 1.54) is 0 Å². The molecular formula is C13H11Cl3N2. The van der Waals surface area contributed by atoms with Gasteiger partial charge in [0.05, 0.1) is 17.9 Å². The van der Waals surface area contributed by atoms with Crippen molar-refractivity contribution in [3.05, 3.63) is 57.3 Å². The molecule has 2 rings (SSSR count). The highest BCUT2D eigenvalue weighted by Crippen LogP contribution is 2.28. The number of benzene rings is 1. The highest BCUT2D eigenvalue weighted by molar-refractivity contribution is 6.33. The van der Waals surface area contributed by atoms with Gasteiger partial charge in [0, 0.05) is 10.0 Å². The van der Waals surface area contributed by atoms with Gasteiger partial charge in [-0.25, -0.2) is 4.98 Å². The maximum absolute atomic E-state index is 6.15. The second-order valence-corrected chi connectivity index (χ2v) is 5.13. The summed E-state index contributed by atoms with van der Waals surface area (Å²) < 4.78 is 0. The summed E-state index contributed by atoms with van der Waals surface area (Å²) in [5.74, 6) is 0. The molecular weight excluding hydrogens is 291 g/mol. The zero-order valence-electron chi connectivity index (χ0n) is 9.62. The second-order valence-electron chi connectivity index (χ2n) is 3.90. The van der Waals surface area contributed by atoms with Crippen molar-refractivity contribution >= 4 is 40.5 Å². The first-order valence-corrected chi connectivity index (χ1v) is 6.52. The number of nitrogens with zero attached hydrogens (tertiary/aromatic N) is 1. The number of halogens is 3. The van der Waals surface area contributed by atoms with Crippen LogP contribution in [0.25, 0.3) is 0 Å². The maximum Gasteiger partial charge on any atom is 0.129 e. The molecule has 2 nitrogen and oxygen atoms in total. The van der Waals surface area contributed by atoms with Crippen LogP contribution in [0, 0.1) is 0 Å². The van der Waals surface area contributed by atoms with Crippen LogP contribution in [0.15, 0.2) is 36.5 Å². The van der Waals surface area contributed by atoms with Gasteiger partial charge in [0.2, 0.25) is 0 Å². The van der Waals surface area contributed by atoms with Gasteiger partial charge in [-0.2, -0.15) is 0 Å². The monoisotopic (exact) mass is 300 g/mol. The number of nitrogens with one attached hydrogen (secondary N) is 1. The number of aromatic nitrogens is 1. The van der Waals surface area contributed by atoms with Crippen LogP contribution in [0.5, 0.6) is 0 Å². The molecule has 94 valence electrons. The Kier molecular flexibility index (Phi) is 4.33. The second kappa shape index (κ2) is 5.79. The molecule has 0 radical (unpaired) electrons. The van der Waals surface area contributed by atoms with E-state index in [1.54, 1.807) is 24.4 Å². The molecule has 2 aromatic rings. The summed E-state index contributed by atoms with van der Waals surface area (Å²) in [7, 11) is 0. The Morgan fingerprint density at radius 1 is 1.11 bits per heavy atom. The average molecular weight is 302 g/mol. The number of anilines is 1. The lowest BCUT2D eigenvalue weighted by Crippen LogP contribution is -2.07. The molecule has 0 aliphatic rings. The summed E-state index contributed by atoms with van der Waals surface area (Å²) in [5.41, 5.74) is 1.82. The van der Waals surface area contributed by atoms with Gasteiger partial charge in [-0.05, 0) is 42.8 Å². The van der Waals surface area contributed by atoms with E-state index in [0.717, 1.165) is 11.3 Å². The molecule has 0 saturated carbocycles. The summed E-state index contributed by atoms with van der Waals surface area (Å²) in [6, 6.07) is 9.03. The van der Waals surface area contributed by atoms with Gasteiger partial charge < -0.3 is 5.32 Å². The van der Waals surface area contributed by atoms with Crippen LogP contribution >= 0.6 is 34.8 Å². The SMILES string of the molecule is CC(Nc1ccc(Cl)nc1)c1cc(Cl)ccc1Cl. The van der Waals surface area contributed by atoms with Gasteiger partial charge in [0.15, 0.2) is 0 Å². The van der Waals surface area contributed by atoms with E-state index in [2.05, 4.69) is 10.3 Å². The van der Waals surface area contributed by atoms with Crippen LogP contribution in [0.2, 0.25) is 15.2 Å². The fraction of sp³-hybridized carbons (Fsp3) is 0.154. The van der Waals surface area contributed by atoms with Crippen LogP contribution in [0.4, 0.5) is 5.69 Å². The summed E-state index contributed by atoms with van der Waals surface area (Å²) in [6.45, 7) is 2.01. The van der Waals surface area contributed by atoms with Crippen LogP contribution in [-0.2, 0) is 0 Å². The normalized spacial score (nSPS) is 12.2. The fourth-order valence-electron chi connectivity index (χ4n) is 1.64. The minimum Gasteiger partial charge on any atom is -0.377 e. The van der Waals surface area contributed by atoms with Crippen molar-refractivity contribution in [2.45, 2.75) is 13.0 Å². The first kappa shape index (κ1) is 13.5. The molecule has 1 N–H and O–H groups in total. The molecule has 1 heterocycles. The van der Waals surface area contributed by atoms with Crippen LogP contribution in [0.1, 0.15) is 18.5 Å². The Morgan fingerprint density at radius 2 is 1.89 bits per heavy atom. The maximum atomic E-state index is 6.15. The Hall–Kier alpha value is -0.960. The Balaban J connectivity index is 2.18. The third-order valence-electron chi connectivity index (χ3n) is 2.54. The molecule has 0 aliphatic heterocycles. The summed E-state index contributed by atoms with van der Waals surface area (Å²) >= 11 is 17.8. The van der Waals surface area contributed by atoms with Gasteiger partial charge in [0.25, 0.3) is 0 Å². The van der Waals surface area contributed by atoms with Crippen molar-refractivity contribution < 1.29 is 0 Å². The van der Waals surface area contributed by atoms with Crippen molar-refractivity contribution in [2.24, 2.45) is 0 Å². The predicted octanol–water partition coefficient (Wildman–Crippen LogP) is 5.21. The molecule has 1 aromatic carbocycles. The lowest BCUT2D eigenvalue weighted by Gasteiger charge is -2.17. The van der Waals surface area contributed by atoms with Crippen molar-refractivity contribution in [3.63, 3.8) is 0 Å². The van der Waals surface area contributed by atoms with Crippen LogP contribution in [-0.4, -0.2) is 4.98 Å². The predicted molar refractivity (Wildman–Crippen MR) is 77.7 cm³/mol. The third-order valence-corrected chi connectivity index (χ3v) is 3.34. The third kappa shape index (κ3) is 3.29. The number of hydrogen-bond donors (Lipinski definition) is 1. The van der Waals surface area contributed by atoms with E-state index in [1.807, 2.05) is 19.1 Å². The van der Waals surface area contributed by atoms with E-state index < -0.39 is 0 Å². The smallest absolute Gasteiger partial charge is 0.129 e. The molecule has 0 saturated heterocycles. The van der Waals surface area contributed by atoms with E-state index in [0.29, 0.717) is 15.2 Å². The topological polar surface area (TPSA) is 24.9 Å². The molecule has 1 aromatic heterocycles. The van der Waals surface area contributed by atoms with Crippen molar-refractivity contribution in [1.82, 2.24) is 4.98 Å². The van der Waals surface area contributed by atoms with Crippen LogP contribution in [0.3, 0.4) is 0 Å². The van der Waals surface area contributed by atoms with Gasteiger partial charge in [0.1, 0.15) is 5.15 Å². The van der Waals surface area contributed by atoms with E-state index in [9.17, 15) is 0 Å². The quantitative estimate of drug-likeness (QED) is 0.787. The molecule has 0 bridgehead atoms. The molecule has 1 unspecified atom stereocenters. The molecule has 0 aliphatic carbocycles. The lowest BCUT2D eigenvalue weighted by molar-refractivity contribution is 0.883. The number of rotatable bonds is 3. The van der Waals surface area contributed by atoms with Crippen LogP contribution < -0.4 is 5.32 Å². The Bertz CT molecular complexity index is 540. The highest BCUT2D eigenvalue weighted by Gasteiger charge is 2.10. The van der Waals surface area contributed by atoms with E-state index >= 15 is 0 Å². The van der Waals surface area contributed by atoms with Crippen molar-refractivity contribution in [1.29, 1.82) is 0 Å². The summed E-state index contributed by atoms with van der Waals surface area (Å²) in [6.07, 6.45) is 1.68.